The Morgan fingerprint density at radius 3 is 2.61 bits per heavy atom. The van der Waals surface area contributed by atoms with Crippen LogP contribution in [-0.4, -0.2) is 34.2 Å². The molecule has 3 heterocycles. The van der Waals surface area contributed by atoms with Crippen molar-refractivity contribution in [1.29, 1.82) is 5.26 Å². The van der Waals surface area contributed by atoms with Crippen LogP contribution >= 0.6 is 11.6 Å². The Morgan fingerprint density at radius 2 is 1.97 bits per heavy atom. The summed E-state index contributed by atoms with van der Waals surface area (Å²) in [5.74, 6) is 1.82. The van der Waals surface area contributed by atoms with Crippen LogP contribution < -0.4 is 15.2 Å². The Balaban J connectivity index is 1.21. The van der Waals surface area contributed by atoms with Gasteiger partial charge in [-0.05, 0) is 42.0 Å². The second-order valence-corrected chi connectivity index (χ2v) is 8.83. The molecule has 0 N–H and O–H groups in total. The van der Waals surface area contributed by atoms with Crippen molar-refractivity contribution in [3.63, 3.8) is 0 Å². The van der Waals surface area contributed by atoms with Crippen LogP contribution in [0.5, 0.6) is 5.75 Å². The molecule has 1 aliphatic carbocycles. The standard InChI is InChI=1S/C24H21ClFN5O2/c1-2-14-8-28-24(29-9-14)30-10-17-18(11-30)19(17)13-33-22-6-23(32)31(12-20(22)25)16-4-3-15(7-27)21(26)5-16/h3-6,8-9,12,17-19H,2,10-11,13H2,1H3. The number of hydrogen-bond acceptors (Lipinski definition) is 6. The highest BCUT2D eigenvalue weighted by Gasteiger charge is 2.56. The Labute approximate surface area is 195 Å². The van der Waals surface area contributed by atoms with Crippen molar-refractivity contribution < 1.29 is 9.13 Å². The van der Waals surface area contributed by atoms with E-state index in [9.17, 15) is 9.18 Å². The number of pyridine rings is 1. The lowest BCUT2D eigenvalue weighted by Gasteiger charge is -2.20. The zero-order valence-corrected chi connectivity index (χ0v) is 18.7. The summed E-state index contributed by atoms with van der Waals surface area (Å²) in [6.07, 6.45) is 6.09. The zero-order valence-electron chi connectivity index (χ0n) is 17.9. The van der Waals surface area contributed by atoms with E-state index in [1.807, 2.05) is 12.4 Å². The number of aromatic nitrogens is 3. The third-order valence-corrected chi connectivity index (χ3v) is 6.79. The molecular weight excluding hydrogens is 445 g/mol. The second kappa shape index (κ2) is 8.49. The Bertz CT molecular complexity index is 1290. The first-order valence-electron chi connectivity index (χ1n) is 10.8. The van der Waals surface area contributed by atoms with Crippen molar-refractivity contribution >= 4 is 17.5 Å². The lowest BCUT2D eigenvalue weighted by Crippen LogP contribution is -2.27. The van der Waals surface area contributed by atoms with E-state index in [0.29, 0.717) is 30.1 Å². The lowest BCUT2D eigenvalue weighted by atomic mass is 10.2. The monoisotopic (exact) mass is 465 g/mol. The van der Waals surface area contributed by atoms with Crippen molar-refractivity contribution in [1.82, 2.24) is 14.5 Å². The number of benzene rings is 1. The minimum Gasteiger partial charge on any atom is -0.491 e. The average molecular weight is 466 g/mol. The molecule has 1 aliphatic heterocycles. The molecular formula is C24H21ClFN5O2. The van der Waals surface area contributed by atoms with E-state index in [-0.39, 0.29) is 16.3 Å². The van der Waals surface area contributed by atoms with E-state index in [1.165, 1.54) is 29.0 Å². The van der Waals surface area contributed by atoms with Crippen LogP contribution in [0.15, 0.2) is 47.7 Å². The summed E-state index contributed by atoms with van der Waals surface area (Å²) in [6.45, 7) is 4.34. The molecule has 7 nitrogen and oxygen atoms in total. The summed E-state index contributed by atoms with van der Waals surface area (Å²) in [4.78, 5) is 23.7. The zero-order chi connectivity index (χ0) is 23.1. The molecule has 0 spiro atoms. The minimum atomic E-state index is -0.695. The first-order valence-corrected chi connectivity index (χ1v) is 11.2. The van der Waals surface area contributed by atoms with Gasteiger partial charge in [0.15, 0.2) is 0 Å². The van der Waals surface area contributed by atoms with Crippen LogP contribution in [-0.2, 0) is 6.42 Å². The summed E-state index contributed by atoms with van der Waals surface area (Å²) < 4.78 is 21.1. The van der Waals surface area contributed by atoms with E-state index in [1.54, 1.807) is 6.07 Å². The Kier molecular flexibility index (Phi) is 5.51. The molecule has 9 heteroatoms. The Hall–Kier alpha value is -3.44. The number of nitriles is 1. The van der Waals surface area contributed by atoms with Gasteiger partial charge in [0.25, 0.3) is 5.56 Å². The topological polar surface area (TPSA) is 84.0 Å². The van der Waals surface area contributed by atoms with Gasteiger partial charge in [-0.2, -0.15) is 5.26 Å². The first kappa shape index (κ1) is 21.4. The van der Waals surface area contributed by atoms with Crippen LogP contribution in [0.25, 0.3) is 5.69 Å². The van der Waals surface area contributed by atoms with Crippen LogP contribution in [0.1, 0.15) is 18.1 Å². The number of halogens is 2. The van der Waals surface area contributed by atoms with Gasteiger partial charge in [-0.3, -0.25) is 9.36 Å². The van der Waals surface area contributed by atoms with E-state index in [2.05, 4.69) is 21.8 Å². The van der Waals surface area contributed by atoms with Gasteiger partial charge in [-0.25, -0.2) is 14.4 Å². The lowest BCUT2D eigenvalue weighted by molar-refractivity contribution is 0.282. The number of anilines is 1. The molecule has 2 aliphatic rings. The number of piperidine rings is 1. The maximum absolute atomic E-state index is 13.9. The first-order chi connectivity index (χ1) is 16.0. The number of fused-ring (bicyclic) bond motifs is 1. The number of rotatable bonds is 6. The predicted molar refractivity (Wildman–Crippen MR) is 121 cm³/mol. The minimum absolute atomic E-state index is 0.0871. The molecule has 2 unspecified atom stereocenters. The summed E-state index contributed by atoms with van der Waals surface area (Å²) in [6, 6.07) is 7.02. The van der Waals surface area contributed by atoms with Crippen molar-refractivity contribution in [2.75, 3.05) is 24.6 Å². The second-order valence-electron chi connectivity index (χ2n) is 8.42. The highest BCUT2D eigenvalue weighted by atomic mass is 35.5. The molecule has 3 aromatic rings. The molecule has 2 atom stereocenters. The molecule has 0 radical (unpaired) electrons. The van der Waals surface area contributed by atoms with Gasteiger partial charge in [0, 0.05) is 43.7 Å². The van der Waals surface area contributed by atoms with Crippen molar-refractivity contribution in [2.45, 2.75) is 13.3 Å². The normalized spacial score (nSPS) is 20.9. The van der Waals surface area contributed by atoms with Crippen molar-refractivity contribution in [3.8, 4) is 17.5 Å². The fourth-order valence-electron chi connectivity index (χ4n) is 4.49. The highest BCUT2D eigenvalue weighted by molar-refractivity contribution is 6.31. The van der Waals surface area contributed by atoms with Crippen LogP contribution in [0.4, 0.5) is 10.3 Å². The molecule has 1 saturated heterocycles. The van der Waals surface area contributed by atoms with Gasteiger partial charge in [0.2, 0.25) is 5.95 Å². The number of ether oxygens (including phenoxy) is 1. The SMILES string of the molecule is CCc1cnc(N2CC3C(COc4cc(=O)n(-c5ccc(C#N)c(F)c5)cc4Cl)C3C2)nc1. The van der Waals surface area contributed by atoms with Gasteiger partial charge in [-0.15, -0.1) is 0 Å². The maximum Gasteiger partial charge on any atom is 0.258 e. The summed E-state index contributed by atoms with van der Waals surface area (Å²) >= 11 is 6.35. The van der Waals surface area contributed by atoms with E-state index in [4.69, 9.17) is 21.6 Å². The van der Waals surface area contributed by atoms with Gasteiger partial charge in [0.1, 0.15) is 17.6 Å². The van der Waals surface area contributed by atoms with Crippen LogP contribution in [0.3, 0.4) is 0 Å². The van der Waals surface area contributed by atoms with Gasteiger partial charge >= 0.3 is 0 Å². The van der Waals surface area contributed by atoms with E-state index in [0.717, 1.165) is 37.1 Å². The molecule has 2 aromatic heterocycles. The molecule has 0 amide bonds. The van der Waals surface area contributed by atoms with Crippen LogP contribution in [0.2, 0.25) is 5.02 Å². The van der Waals surface area contributed by atoms with Crippen molar-refractivity contribution in [2.24, 2.45) is 17.8 Å². The Morgan fingerprint density at radius 1 is 1.24 bits per heavy atom. The van der Waals surface area contributed by atoms with Gasteiger partial charge in [-0.1, -0.05) is 18.5 Å². The summed E-state index contributed by atoms with van der Waals surface area (Å²) in [5.41, 5.74) is 0.928. The maximum atomic E-state index is 13.9. The molecule has 0 bridgehead atoms. The number of hydrogen-bond donors (Lipinski definition) is 0. The molecule has 33 heavy (non-hydrogen) atoms. The van der Waals surface area contributed by atoms with E-state index >= 15 is 0 Å². The largest absolute Gasteiger partial charge is 0.491 e. The molecule has 1 aromatic carbocycles. The predicted octanol–water partition coefficient (Wildman–Crippen LogP) is 3.62. The van der Waals surface area contributed by atoms with Crippen LogP contribution in [0, 0.1) is 34.9 Å². The highest BCUT2D eigenvalue weighted by Crippen LogP contribution is 2.52. The number of aryl methyl sites for hydroxylation is 1. The number of nitrogens with zero attached hydrogens (tertiary/aromatic N) is 5. The third kappa shape index (κ3) is 4.05. The average Bonchev–Trinajstić information content (AvgIpc) is 3.27. The smallest absolute Gasteiger partial charge is 0.258 e. The fourth-order valence-corrected chi connectivity index (χ4v) is 4.69. The molecule has 1 saturated carbocycles. The third-order valence-electron chi connectivity index (χ3n) is 6.51. The molecule has 2 fully saturated rings. The summed E-state index contributed by atoms with van der Waals surface area (Å²) in [5, 5.41) is 9.13. The quantitative estimate of drug-likeness (QED) is 0.553. The van der Waals surface area contributed by atoms with Gasteiger partial charge in [0.05, 0.1) is 22.9 Å². The molecule has 168 valence electrons. The molecule has 5 rings (SSSR count). The van der Waals surface area contributed by atoms with E-state index < -0.39 is 11.4 Å². The van der Waals surface area contributed by atoms with Gasteiger partial charge < -0.3 is 9.64 Å². The fraction of sp³-hybridized carbons (Fsp3) is 0.333. The summed E-state index contributed by atoms with van der Waals surface area (Å²) in [7, 11) is 0. The van der Waals surface area contributed by atoms with Crippen molar-refractivity contribution in [3.05, 3.63) is 75.2 Å².